The molecule has 23 heavy (non-hydrogen) atoms. The zero-order valence-electron chi connectivity index (χ0n) is 12.9. The monoisotopic (exact) mass is 316 g/mol. The van der Waals surface area contributed by atoms with Gasteiger partial charge in [0.05, 0.1) is 17.4 Å². The van der Waals surface area contributed by atoms with Crippen molar-refractivity contribution < 1.29 is 14.1 Å². The Balaban J connectivity index is 2.12. The number of carbonyl (C=O) groups is 1. The maximum atomic E-state index is 13.2. The first-order valence-corrected chi connectivity index (χ1v) is 7.13. The van der Waals surface area contributed by atoms with Gasteiger partial charge in [-0.25, -0.2) is 4.39 Å². The molecular formula is C17H17FN2O3. The van der Waals surface area contributed by atoms with Crippen molar-refractivity contribution in [2.75, 3.05) is 7.05 Å². The molecule has 0 fully saturated rings. The molecule has 2 aromatic carbocycles. The van der Waals surface area contributed by atoms with E-state index in [9.17, 15) is 19.3 Å². The van der Waals surface area contributed by atoms with Gasteiger partial charge in [0.15, 0.2) is 0 Å². The van der Waals surface area contributed by atoms with E-state index in [0.717, 1.165) is 0 Å². The lowest BCUT2D eigenvalue weighted by Gasteiger charge is -2.25. The molecule has 0 radical (unpaired) electrons. The van der Waals surface area contributed by atoms with Crippen LogP contribution in [0.1, 0.15) is 24.1 Å². The molecule has 0 saturated carbocycles. The average Bonchev–Trinajstić information content (AvgIpc) is 2.53. The minimum absolute atomic E-state index is 0.0136. The van der Waals surface area contributed by atoms with Gasteiger partial charge >= 0.3 is 0 Å². The number of rotatable bonds is 5. The molecule has 0 spiro atoms. The van der Waals surface area contributed by atoms with Gasteiger partial charge in [0.25, 0.3) is 5.69 Å². The number of hydrogen-bond acceptors (Lipinski definition) is 3. The fraction of sp³-hybridized carbons (Fsp3) is 0.235. The van der Waals surface area contributed by atoms with Gasteiger partial charge in [-0.3, -0.25) is 14.9 Å². The SMILES string of the molecule is C[C@H](c1cccc([N+](=O)[O-])c1)N(C)C(=O)Cc1cccc(F)c1. The minimum Gasteiger partial charge on any atom is -0.339 e. The second kappa shape index (κ2) is 7.00. The third-order valence-corrected chi connectivity index (χ3v) is 3.78. The molecule has 1 atom stereocenters. The molecule has 0 aliphatic heterocycles. The predicted octanol–water partition coefficient (Wildman–Crippen LogP) is 3.50. The number of nitro groups is 1. The van der Waals surface area contributed by atoms with Crippen molar-refractivity contribution in [2.45, 2.75) is 19.4 Å². The Labute approximate surface area is 133 Å². The maximum Gasteiger partial charge on any atom is 0.269 e. The summed E-state index contributed by atoms with van der Waals surface area (Å²) in [6.45, 7) is 1.79. The summed E-state index contributed by atoms with van der Waals surface area (Å²) in [6.07, 6.45) is 0.0769. The highest BCUT2D eigenvalue weighted by atomic mass is 19.1. The van der Waals surface area contributed by atoms with Gasteiger partial charge in [0.1, 0.15) is 5.82 Å². The Morgan fingerprint density at radius 2 is 1.96 bits per heavy atom. The van der Waals surface area contributed by atoms with Crippen molar-refractivity contribution in [1.29, 1.82) is 0 Å². The van der Waals surface area contributed by atoms with E-state index >= 15 is 0 Å². The van der Waals surface area contributed by atoms with E-state index in [0.29, 0.717) is 11.1 Å². The summed E-state index contributed by atoms with van der Waals surface area (Å²) < 4.78 is 13.2. The Bertz CT molecular complexity index is 733. The molecule has 5 nitrogen and oxygen atoms in total. The number of likely N-dealkylation sites (N-methyl/N-ethyl adjacent to an activating group) is 1. The molecule has 0 saturated heterocycles. The highest BCUT2D eigenvalue weighted by molar-refractivity contribution is 5.79. The Morgan fingerprint density at radius 1 is 1.26 bits per heavy atom. The van der Waals surface area contributed by atoms with Crippen LogP contribution in [0.2, 0.25) is 0 Å². The molecule has 0 bridgehead atoms. The summed E-state index contributed by atoms with van der Waals surface area (Å²) in [6, 6.07) is 11.8. The van der Waals surface area contributed by atoms with Crippen LogP contribution in [-0.4, -0.2) is 22.8 Å². The Hall–Kier alpha value is -2.76. The average molecular weight is 316 g/mol. The number of nitrogens with zero attached hydrogens (tertiary/aromatic N) is 2. The molecule has 120 valence electrons. The van der Waals surface area contributed by atoms with E-state index in [1.807, 2.05) is 0 Å². The number of non-ortho nitro benzene ring substituents is 1. The summed E-state index contributed by atoms with van der Waals surface area (Å²) in [4.78, 5) is 24.2. The summed E-state index contributed by atoms with van der Waals surface area (Å²) in [5, 5.41) is 10.8. The van der Waals surface area contributed by atoms with Gasteiger partial charge in [-0.05, 0) is 30.2 Å². The number of halogens is 1. The molecule has 2 rings (SSSR count). The topological polar surface area (TPSA) is 63.5 Å². The van der Waals surface area contributed by atoms with Crippen LogP contribution in [-0.2, 0) is 11.2 Å². The van der Waals surface area contributed by atoms with E-state index in [-0.39, 0.29) is 29.9 Å². The van der Waals surface area contributed by atoms with Crippen molar-refractivity contribution >= 4 is 11.6 Å². The van der Waals surface area contributed by atoms with Crippen LogP contribution in [0.3, 0.4) is 0 Å². The van der Waals surface area contributed by atoms with Crippen molar-refractivity contribution in [3.8, 4) is 0 Å². The molecule has 0 heterocycles. The normalized spacial score (nSPS) is 11.8. The first kappa shape index (κ1) is 16.6. The van der Waals surface area contributed by atoms with E-state index < -0.39 is 4.92 Å². The third-order valence-electron chi connectivity index (χ3n) is 3.78. The van der Waals surface area contributed by atoms with Gasteiger partial charge in [-0.1, -0.05) is 24.3 Å². The standard InChI is InChI=1S/C17H17FN2O3/c1-12(14-6-4-8-16(11-14)20(22)23)19(2)17(21)10-13-5-3-7-15(18)9-13/h3-9,11-12H,10H2,1-2H3/t12-/m1/s1. The molecule has 1 amide bonds. The summed E-state index contributed by atoms with van der Waals surface area (Å²) >= 11 is 0. The number of amides is 1. The zero-order valence-corrected chi connectivity index (χ0v) is 12.9. The molecule has 0 aliphatic rings. The van der Waals surface area contributed by atoms with Crippen LogP contribution < -0.4 is 0 Å². The summed E-state index contributed by atoms with van der Waals surface area (Å²) in [5.74, 6) is -0.570. The molecule has 2 aromatic rings. The summed E-state index contributed by atoms with van der Waals surface area (Å²) in [5.41, 5.74) is 1.25. The lowest BCUT2D eigenvalue weighted by Crippen LogP contribution is -2.31. The Morgan fingerprint density at radius 3 is 2.61 bits per heavy atom. The smallest absolute Gasteiger partial charge is 0.269 e. The quantitative estimate of drug-likeness (QED) is 0.626. The highest BCUT2D eigenvalue weighted by Gasteiger charge is 2.19. The van der Waals surface area contributed by atoms with Crippen molar-refractivity contribution in [1.82, 2.24) is 4.90 Å². The van der Waals surface area contributed by atoms with E-state index in [2.05, 4.69) is 0 Å². The third kappa shape index (κ3) is 4.12. The molecule has 0 unspecified atom stereocenters. The van der Waals surface area contributed by atoms with Crippen LogP contribution in [0.15, 0.2) is 48.5 Å². The first-order chi connectivity index (χ1) is 10.9. The first-order valence-electron chi connectivity index (χ1n) is 7.13. The largest absolute Gasteiger partial charge is 0.339 e. The summed E-state index contributed by atoms with van der Waals surface area (Å²) in [7, 11) is 1.63. The second-order valence-electron chi connectivity index (χ2n) is 5.34. The van der Waals surface area contributed by atoms with Crippen molar-refractivity contribution in [3.05, 3.63) is 75.6 Å². The van der Waals surface area contributed by atoms with Gasteiger partial charge in [0.2, 0.25) is 5.91 Å². The van der Waals surface area contributed by atoms with Crippen LogP contribution in [0, 0.1) is 15.9 Å². The Kier molecular flexibility index (Phi) is 5.05. The van der Waals surface area contributed by atoms with Gasteiger partial charge in [0, 0.05) is 19.2 Å². The van der Waals surface area contributed by atoms with E-state index in [4.69, 9.17) is 0 Å². The lowest BCUT2D eigenvalue weighted by molar-refractivity contribution is -0.384. The van der Waals surface area contributed by atoms with Crippen molar-refractivity contribution in [3.63, 3.8) is 0 Å². The van der Waals surface area contributed by atoms with E-state index in [1.54, 1.807) is 38.2 Å². The molecule has 0 aliphatic carbocycles. The van der Waals surface area contributed by atoms with E-state index in [1.165, 1.54) is 29.2 Å². The highest BCUT2D eigenvalue weighted by Crippen LogP contribution is 2.23. The molecule has 0 aromatic heterocycles. The van der Waals surface area contributed by atoms with Crippen LogP contribution in [0.4, 0.5) is 10.1 Å². The lowest BCUT2D eigenvalue weighted by atomic mass is 10.1. The molecule has 0 N–H and O–H groups in total. The van der Waals surface area contributed by atoms with Crippen molar-refractivity contribution in [2.24, 2.45) is 0 Å². The molecule has 6 heteroatoms. The second-order valence-corrected chi connectivity index (χ2v) is 5.34. The maximum absolute atomic E-state index is 13.2. The minimum atomic E-state index is -0.467. The van der Waals surface area contributed by atoms with Crippen LogP contribution >= 0.6 is 0 Å². The van der Waals surface area contributed by atoms with Crippen LogP contribution in [0.25, 0.3) is 0 Å². The fourth-order valence-corrected chi connectivity index (χ4v) is 2.28. The number of carbonyl (C=O) groups excluding carboxylic acids is 1. The number of nitro benzene ring substituents is 1. The van der Waals surface area contributed by atoms with Gasteiger partial charge in [-0.2, -0.15) is 0 Å². The number of benzene rings is 2. The number of hydrogen-bond donors (Lipinski definition) is 0. The predicted molar refractivity (Wildman–Crippen MR) is 84.4 cm³/mol. The fourth-order valence-electron chi connectivity index (χ4n) is 2.28. The van der Waals surface area contributed by atoms with Crippen LogP contribution in [0.5, 0.6) is 0 Å². The van der Waals surface area contributed by atoms with Gasteiger partial charge in [-0.15, -0.1) is 0 Å². The molecular weight excluding hydrogens is 299 g/mol. The van der Waals surface area contributed by atoms with Gasteiger partial charge < -0.3 is 4.90 Å². The zero-order chi connectivity index (χ0) is 17.0.